The van der Waals surface area contributed by atoms with Crippen molar-refractivity contribution in [1.29, 1.82) is 0 Å². The van der Waals surface area contributed by atoms with Crippen molar-refractivity contribution >= 4 is 11.0 Å². The van der Waals surface area contributed by atoms with E-state index in [9.17, 15) is 4.39 Å². The Morgan fingerprint density at radius 2 is 2.15 bits per heavy atom. The van der Waals surface area contributed by atoms with Crippen LogP contribution in [0.2, 0.25) is 0 Å². The van der Waals surface area contributed by atoms with Crippen molar-refractivity contribution in [3.8, 4) is 5.88 Å². The van der Waals surface area contributed by atoms with E-state index in [0.29, 0.717) is 22.7 Å². The summed E-state index contributed by atoms with van der Waals surface area (Å²) in [5.74, 6) is 0.430. The molecule has 1 atom stereocenters. The summed E-state index contributed by atoms with van der Waals surface area (Å²) in [5, 5.41) is 0.663. The molecule has 2 aromatic heterocycles. The molecule has 6 heteroatoms. The van der Waals surface area contributed by atoms with Gasteiger partial charge in [-0.15, -0.1) is 0 Å². The van der Waals surface area contributed by atoms with Crippen molar-refractivity contribution in [2.75, 3.05) is 7.11 Å². The zero-order valence-corrected chi connectivity index (χ0v) is 10.7. The van der Waals surface area contributed by atoms with Gasteiger partial charge in [-0.3, -0.25) is 0 Å². The SMILES string of the molecule is COc1cc(C(N)c2cc3cccc(F)c3o2)ncn1. The summed E-state index contributed by atoms with van der Waals surface area (Å²) in [6, 6.07) is 7.44. The van der Waals surface area contributed by atoms with Gasteiger partial charge in [-0.25, -0.2) is 14.4 Å². The lowest BCUT2D eigenvalue weighted by molar-refractivity contribution is 0.395. The van der Waals surface area contributed by atoms with Crippen LogP contribution in [0.3, 0.4) is 0 Å². The van der Waals surface area contributed by atoms with Gasteiger partial charge in [0.2, 0.25) is 5.88 Å². The van der Waals surface area contributed by atoms with Crippen molar-refractivity contribution in [3.63, 3.8) is 0 Å². The number of para-hydroxylation sites is 1. The number of fused-ring (bicyclic) bond motifs is 1. The Balaban J connectivity index is 2.03. The van der Waals surface area contributed by atoms with Gasteiger partial charge in [0.25, 0.3) is 0 Å². The molecule has 102 valence electrons. The highest BCUT2D eigenvalue weighted by molar-refractivity contribution is 5.78. The van der Waals surface area contributed by atoms with Gasteiger partial charge in [0.15, 0.2) is 11.4 Å². The predicted octanol–water partition coefficient (Wildman–Crippen LogP) is 2.42. The van der Waals surface area contributed by atoms with Crippen LogP contribution in [0, 0.1) is 5.82 Å². The first kappa shape index (κ1) is 12.6. The molecular weight excluding hydrogens is 261 g/mol. The number of hydrogen-bond acceptors (Lipinski definition) is 5. The van der Waals surface area contributed by atoms with E-state index in [2.05, 4.69) is 9.97 Å². The van der Waals surface area contributed by atoms with Gasteiger partial charge < -0.3 is 14.9 Å². The molecule has 0 fully saturated rings. The molecular formula is C14H12FN3O2. The van der Waals surface area contributed by atoms with Gasteiger partial charge in [-0.05, 0) is 12.1 Å². The largest absolute Gasteiger partial charge is 0.481 e. The number of halogens is 1. The summed E-state index contributed by atoms with van der Waals surface area (Å²) in [6.07, 6.45) is 1.36. The van der Waals surface area contributed by atoms with Crippen LogP contribution in [0.1, 0.15) is 17.5 Å². The maximum atomic E-state index is 13.6. The van der Waals surface area contributed by atoms with E-state index in [-0.39, 0.29) is 5.58 Å². The number of nitrogens with two attached hydrogens (primary N) is 1. The van der Waals surface area contributed by atoms with E-state index >= 15 is 0 Å². The minimum absolute atomic E-state index is 0.193. The fourth-order valence-electron chi connectivity index (χ4n) is 1.98. The van der Waals surface area contributed by atoms with E-state index in [1.54, 1.807) is 24.3 Å². The molecule has 0 aliphatic carbocycles. The van der Waals surface area contributed by atoms with E-state index < -0.39 is 11.9 Å². The minimum atomic E-state index is -0.612. The Hall–Kier alpha value is -2.47. The number of nitrogens with zero attached hydrogens (tertiary/aromatic N) is 2. The monoisotopic (exact) mass is 273 g/mol. The zero-order valence-electron chi connectivity index (χ0n) is 10.7. The number of hydrogen-bond donors (Lipinski definition) is 1. The van der Waals surface area contributed by atoms with Gasteiger partial charge in [-0.2, -0.15) is 0 Å². The Morgan fingerprint density at radius 3 is 2.90 bits per heavy atom. The van der Waals surface area contributed by atoms with Gasteiger partial charge in [0, 0.05) is 11.5 Å². The van der Waals surface area contributed by atoms with Gasteiger partial charge in [0.05, 0.1) is 12.8 Å². The topological polar surface area (TPSA) is 74.2 Å². The van der Waals surface area contributed by atoms with Crippen molar-refractivity contribution in [3.05, 3.63) is 53.9 Å². The van der Waals surface area contributed by atoms with Gasteiger partial charge in [0.1, 0.15) is 18.1 Å². The molecule has 1 aromatic carbocycles. The molecule has 0 bridgehead atoms. The zero-order chi connectivity index (χ0) is 14.1. The second-order valence-corrected chi connectivity index (χ2v) is 4.27. The normalized spacial score (nSPS) is 12.6. The maximum absolute atomic E-state index is 13.6. The number of aromatic nitrogens is 2. The number of benzene rings is 1. The van der Waals surface area contributed by atoms with Crippen LogP contribution < -0.4 is 10.5 Å². The third-order valence-electron chi connectivity index (χ3n) is 3.01. The first-order chi connectivity index (χ1) is 9.69. The summed E-state index contributed by atoms with van der Waals surface area (Å²) in [6.45, 7) is 0. The molecule has 1 unspecified atom stereocenters. The molecule has 20 heavy (non-hydrogen) atoms. The molecule has 0 amide bonds. The molecule has 0 radical (unpaired) electrons. The number of methoxy groups -OCH3 is 1. The lowest BCUT2D eigenvalue weighted by Crippen LogP contribution is -2.13. The van der Waals surface area contributed by atoms with Crippen molar-refractivity contribution < 1.29 is 13.5 Å². The highest BCUT2D eigenvalue weighted by Gasteiger charge is 2.17. The highest BCUT2D eigenvalue weighted by Crippen LogP contribution is 2.28. The lowest BCUT2D eigenvalue weighted by atomic mass is 10.1. The summed E-state index contributed by atoms with van der Waals surface area (Å²) in [5.41, 5.74) is 6.82. The number of rotatable bonds is 3. The Bertz CT molecular complexity index is 757. The van der Waals surface area contributed by atoms with Crippen LogP contribution in [0.5, 0.6) is 5.88 Å². The fourth-order valence-corrected chi connectivity index (χ4v) is 1.98. The number of furan rings is 1. The van der Waals surface area contributed by atoms with E-state index in [1.165, 1.54) is 19.5 Å². The van der Waals surface area contributed by atoms with Gasteiger partial charge >= 0.3 is 0 Å². The van der Waals surface area contributed by atoms with Crippen molar-refractivity contribution in [2.45, 2.75) is 6.04 Å². The van der Waals surface area contributed by atoms with E-state index in [0.717, 1.165) is 0 Å². The minimum Gasteiger partial charge on any atom is -0.481 e. The standard InChI is InChI=1S/C14H12FN3O2/c1-19-12-6-10(17-7-18-12)13(16)11-5-8-3-2-4-9(15)14(8)20-11/h2-7,13H,16H2,1H3. The first-order valence-corrected chi connectivity index (χ1v) is 5.98. The smallest absolute Gasteiger partial charge is 0.216 e. The molecule has 0 saturated heterocycles. The van der Waals surface area contributed by atoms with Crippen LogP contribution in [0.15, 0.2) is 41.1 Å². The molecule has 3 rings (SSSR count). The highest BCUT2D eigenvalue weighted by atomic mass is 19.1. The lowest BCUT2D eigenvalue weighted by Gasteiger charge is -2.08. The Labute approximate surface area is 114 Å². The summed E-state index contributed by atoms with van der Waals surface area (Å²) < 4.78 is 24.1. The third kappa shape index (κ3) is 2.10. The third-order valence-corrected chi connectivity index (χ3v) is 3.01. The molecule has 5 nitrogen and oxygen atoms in total. The van der Waals surface area contributed by atoms with E-state index in [1.807, 2.05) is 0 Å². The molecule has 0 aliphatic heterocycles. The first-order valence-electron chi connectivity index (χ1n) is 5.98. The Morgan fingerprint density at radius 1 is 1.30 bits per heavy atom. The van der Waals surface area contributed by atoms with Crippen molar-refractivity contribution in [2.24, 2.45) is 5.73 Å². The second kappa shape index (κ2) is 4.90. The molecule has 0 spiro atoms. The van der Waals surface area contributed by atoms with Crippen molar-refractivity contribution in [1.82, 2.24) is 9.97 Å². The average Bonchev–Trinajstić information content (AvgIpc) is 2.92. The summed E-state index contributed by atoms with van der Waals surface area (Å²) >= 11 is 0. The molecule has 2 heterocycles. The van der Waals surface area contributed by atoms with Crippen LogP contribution in [-0.4, -0.2) is 17.1 Å². The Kier molecular flexibility index (Phi) is 3.08. The fraction of sp³-hybridized carbons (Fsp3) is 0.143. The second-order valence-electron chi connectivity index (χ2n) is 4.27. The molecule has 0 saturated carbocycles. The molecule has 3 aromatic rings. The number of ether oxygens (including phenoxy) is 1. The van der Waals surface area contributed by atoms with Gasteiger partial charge in [-0.1, -0.05) is 12.1 Å². The summed E-state index contributed by atoms with van der Waals surface area (Å²) in [4.78, 5) is 8.00. The molecule has 2 N–H and O–H groups in total. The summed E-state index contributed by atoms with van der Waals surface area (Å²) in [7, 11) is 1.51. The van der Waals surface area contributed by atoms with Crippen LogP contribution >= 0.6 is 0 Å². The van der Waals surface area contributed by atoms with Crippen LogP contribution in [-0.2, 0) is 0 Å². The average molecular weight is 273 g/mol. The predicted molar refractivity (Wildman–Crippen MR) is 70.8 cm³/mol. The van der Waals surface area contributed by atoms with E-state index in [4.69, 9.17) is 14.9 Å². The quantitative estimate of drug-likeness (QED) is 0.793. The van der Waals surface area contributed by atoms with Crippen LogP contribution in [0.4, 0.5) is 4.39 Å². The molecule has 0 aliphatic rings. The van der Waals surface area contributed by atoms with Crippen LogP contribution in [0.25, 0.3) is 11.0 Å². The maximum Gasteiger partial charge on any atom is 0.216 e.